The van der Waals surface area contributed by atoms with Crippen LogP contribution in [0.15, 0.2) is 18.3 Å². The van der Waals surface area contributed by atoms with Gasteiger partial charge in [0.25, 0.3) is 0 Å². The molecule has 2 unspecified atom stereocenters. The van der Waals surface area contributed by atoms with Crippen molar-refractivity contribution >= 4 is 17.7 Å². The van der Waals surface area contributed by atoms with Crippen LogP contribution in [0, 0.1) is 11.8 Å². The minimum atomic E-state index is -1.14. The highest BCUT2D eigenvalue weighted by molar-refractivity contribution is 5.98. The zero-order valence-electron chi connectivity index (χ0n) is 11.1. The number of likely N-dealkylation sites (tertiary alicyclic amines) is 1. The number of carbonyl (C=O) groups is 2. The fourth-order valence-electron chi connectivity index (χ4n) is 3.27. The molecule has 0 bridgehead atoms. The molecule has 2 atom stereocenters. The molecule has 106 valence electrons. The van der Waals surface area contributed by atoms with Crippen molar-refractivity contribution in [1.29, 1.82) is 0 Å². The molecule has 1 saturated carbocycles. The monoisotopic (exact) mass is 275 g/mol. The van der Waals surface area contributed by atoms with Gasteiger partial charge in [-0.15, -0.1) is 0 Å². The number of pyridine rings is 1. The number of aromatic carboxylic acids is 1. The van der Waals surface area contributed by atoms with Crippen LogP contribution in [-0.4, -0.2) is 40.1 Å². The zero-order chi connectivity index (χ0) is 14.1. The van der Waals surface area contributed by atoms with Crippen LogP contribution < -0.4 is 5.32 Å². The Bertz CT molecular complexity index is 534. The molecule has 0 spiro atoms. The molecule has 20 heavy (non-hydrogen) atoms. The lowest BCUT2D eigenvalue weighted by molar-refractivity contribution is 0.0691. The van der Waals surface area contributed by atoms with Crippen molar-refractivity contribution in [3.63, 3.8) is 0 Å². The lowest BCUT2D eigenvalue weighted by Crippen LogP contribution is -2.34. The van der Waals surface area contributed by atoms with E-state index in [-0.39, 0.29) is 17.4 Å². The molecule has 6 heteroatoms. The normalized spacial score (nSPS) is 24.5. The van der Waals surface area contributed by atoms with Gasteiger partial charge in [0, 0.05) is 19.3 Å². The summed E-state index contributed by atoms with van der Waals surface area (Å²) in [5.41, 5.74) is 0.127. The number of carboxylic acids is 1. The molecule has 0 aromatic carbocycles. The summed E-state index contributed by atoms with van der Waals surface area (Å²) >= 11 is 0. The highest BCUT2D eigenvalue weighted by Crippen LogP contribution is 2.37. The molecule has 1 aliphatic heterocycles. The van der Waals surface area contributed by atoms with E-state index in [1.807, 2.05) is 0 Å². The molecule has 2 aliphatic rings. The predicted molar refractivity (Wildman–Crippen MR) is 72.6 cm³/mol. The predicted octanol–water partition coefficient (Wildman–Crippen LogP) is 2.04. The van der Waals surface area contributed by atoms with Crippen LogP contribution in [-0.2, 0) is 0 Å². The highest BCUT2D eigenvalue weighted by atomic mass is 16.4. The number of hydrogen-bond acceptors (Lipinski definition) is 3. The molecule has 3 rings (SSSR count). The number of amides is 2. The van der Waals surface area contributed by atoms with E-state index in [0.717, 1.165) is 13.1 Å². The van der Waals surface area contributed by atoms with Crippen LogP contribution in [0.25, 0.3) is 0 Å². The molecule has 2 fully saturated rings. The molecule has 2 heterocycles. The van der Waals surface area contributed by atoms with Gasteiger partial charge >= 0.3 is 12.0 Å². The Kier molecular flexibility index (Phi) is 3.30. The van der Waals surface area contributed by atoms with Gasteiger partial charge in [0.05, 0.1) is 5.69 Å². The standard InChI is InChI=1S/C14H17N3O3/c18-13(19)12-11(5-2-6-15-12)16-14(20)17-7-9-3-1-4-10(9)8-17/h2,5-6,9-10H,1,3-4,7-8H2,(H,16,20)(H,18,19). The molecule has 2 N–H and O–H groups in total. The number of anilines is 1. The number of carboxylic acid groups (broad SMARTS) is 1. The van der Waals surface area contributed by atoms with Crippen molar-refractivity contribution in [3.8, 4) is 0 Å². The average Bonchev–Trinajstić information content (AvgIpc) is 2.99. The SMILES string of the molecule is O=C(O)c1ncccc1NC(=O)N1CC2CCCC2C1. The maximum Gasteiger partial charge on any atom is 0.356 e. The summed E-state index contributed by atoms with van der Waals surface area (Å²) in [6, 6.07) is 2.95. The highest BCUT2D eigenvalue weighted by Gasteiger charge is 2.38. The number of nitrogens with zero attached hydrogens (tertiary/aromatic N) is 2. The van der Waals surface area contributed by atoms with Crippen molar-refractivity contribution in [2.45, 2.75) is 19.3 Å². The van der Waals surface area contributed by atoms with Gasteiger partial charge in [0.15, 0.2) is 5.69 Å². The Morgan fingerprint density at radius 1 is 1.30 bits per heavy atom. The average molecular weight is 275 g/mol. The number of carbonyl (C=O) groups excluding carboxylic acids is 1. The molecule has 1 aliphatic carbocycles. The van der Waals surface area contributed by atoms with Crippen molar-refractivity contribution in [1.82, 2.24) is 9.88 Å². The number of aromatic nitrogens is 1. The van der Waals surface area contributed by atoms with Crippen LogP contribution in [0.2, 0.25) is 0 Å². The summed E-state index contributed by atoms with van der Waals surface area (Å²) in [7, 11) is 0. The van der Waals surface area contributed by atoms with Gasteiger partial charge in [-0.3, -0.25) is 0 Å². The molecular weight excluding hydrogens is 258 g/mol. The van der Waals surface area contributed by atoms with Gasteiger partial charge in [-0.05, 0) is 36.8 Å². The van der Waals surface area contributed by atoms with Gasteiger partial charge in [0.2, 0.25) is 0 Å². The molecule has 1 aromatic rings. The second kappa shape index (κ2) is 5.11. The number of nitrogens with one attached hydrogen (secondary N) is 1. The van der Waals surface area contributed by atoms with E-state index in [1.54, 1.807) is 17.0 Å². The second-order valence-corrected chi connectivity index (χ2v) is 5.49. The van der Waals surface area contributed by atoms with E-state index in [0.29, 0.717) is 11.8 Å². The second-order valence-electron chi connectivity index (χ2n) is 5.49. The third-order valence-corrected chi connectivity index (χ3v) is 4.27. The first kappa shape index (κ1) is 12.9. The van der Waals surface area contributed by atoms with Crippen molar-refractivity contribution in [2.75, 3.05) is 18.4 Å². The Morgan fingerprint density at radius 2 is 2.00 bits per heavy atom. The Morgan fingerprint density at radius 3 is 2.65 bits per heavy atom. The Labute approximate surface area is 116 Å². The molecular formula is C14H17N3O3. The topological polar surface area (TPSA) is 82.5 Å². The lowest BCUT2D eigenvalue weighted by atomic mass is 10.0. The largest absolute Gasteiger partial charge is 0.476 e. The van der Waals surface area contributed by atoms with E-state index < -0.39 is 5.97 Å². The Hall–Kier alpha value is -2.11. The van der Waals surface area contributed by atoms with E-state index >= 15 is 0 Å². The number of rotatable bonds is 2. The fraction of sp³-hybridized carbons (Fsp3) is 0.500. The van der Waals surface area contributed by atoms with Crippen molar-refractivity contribution in [2.24, 2.45) is 11.8 Å². The fourth-order valence-corrected chi connectivity index (χ4v) is 3.27. The van der Waals surface area contributed by atoms with Crippen LogP contribution in [0.5, 0.6) is 0 Å². The van der Waals surface area contributed by atoms with Crippen LogP contribution >= 0.6 is 0 Å². The molecule has 0 radical (unpaired) electrons. The van der Waals surface area contributed by atoms with Crippen molar-refractivity contribution < 1.29 is 14.7 Å². The van der Waals surface area contributed by atoms with Gasteiger partial charge in [-0.25, -0.2) is 14.6 Å². The number of hydrogen-bond donors (Lipinski definition) is 2. The summed E-state index contributed by atoms with van der Waals surface area (Å²) < 4.78 is 0. The molecule has 2 amide bonds. The summed E-state index contributed by atoms with van der Waals surface area (Å²) in [4.78, 5) is 28.8. The van der Waals surface area contributed by atoms with E-state index in [2.05, 4.69) is 10.3 Å². The number of urea groups is 1. The van der Waals surface area contributed by atoms with Gasteiger partial charge < -0.3 is 15.3 Å². The minimum absolute atomic E-state index is 0.125. The van der Waals surface area contributed by atoms with Crippen LogP contribution in [0.4, 0.5) is 10.5 Å². The summed E-state index contributed by atoms with van der Waals surface area (Å²) in [6.45, 7) is 1.55. The van der Waals surface area contributed by atoms with Gasteiger partial charge in [0.1, 0.15) is 0 Å². The van der Waals surface area contributed by atoms with E-state index in [4.69, 9.17) is 5.11 Å². The van der Waals surface area contributed by atoms with Gasteiger partial charge in [-0.1, -0.05) is 6.42 Å². The smallest absolute Gasteiger partial charge is 0.356 e. The first-order chi connectivity index (χ1) is 9.65. The quantitative estimate of drug-likeness (QED) is 0.865. The third kappa shape index (κ3) is 2.33. The molecule has 1 saturated heterocycles. The van der Waals surface area contributed by atoms with E-state index in [1.165, 1.54) is 25.5 Å². The summed E-state index contributed by atoms with van der Waals surface area (Å²) in [6.07, 6.45) is 5.05. The van der Waals surface area contributed by atoms with Crippen LogP contribution in [0.3, 0.4) is 0 Å². The maximum absolute atomic E-state index is 12.2. The summed E-state index contributed by atoms with van der Waals surface area (Å²) in [5, 5.41) is 11.7. The van der Waals surface area contributed by atoms with Crippen LogP contribution in [0.1, 0.15) is 29.8 Å². The van der Waals surface area contributed by atoms with Crippen molar-refractivity contribution in [3.05, 3.63) is 24.0 Å². The maximum atomic E-state index is 12.2. The summed E-state index contributed by atoms with van der Waals surface area (Å²) in [5.74, 6) is 0.0985. The minimum Gasteiger partial charge on any atom is -0.476 e. The lowest BCUT2D eigenvalue weighted by Gasteiger charge is -2.18. The van der Waals surface area contributed by atoms with Gasteiger partial charge in [-0.2, -0.15) is 0 Å². The number of fused-ring (bicyclic) bond motifs is 1. The van der Waals surface area contributed by atoms with E-state index in [9.17, 15) is 9.59 Å². The first-order valence-corrected chi connectivity index (χ1v) is 6.89. The Balaban J connectivity index is 1.69. The molecule has 1 aromatic heterocycles. The third-order valence-electron chi connectivity index (χ3n) is 4.27. The zero-order valence-corrected chi connectivity index (χ0v) is 11.1. The molecule has 6 nitrogen and oxygen atoms in total. The first-order valence-electron chi connectivity index (χ1n) is 6.89.